The predicted molar refractivity (Wildman–Crippen MR) is 76.4 cm³/mol. The highest BCUT2D eigenvalue weighted by Gasteiger charge is 2.15. The molecule has 1 aliphatic carbocycles. The molecule has 4 nitrogen and oxygen atoms in total. The molecular formula is C15H20N4. The minimum atomic E-state index is 0.556. The Morgan fingerprint density at radius 2 is 2.05 bits per heavy atom. The maximum absolute atomic E-state index is 5.63. The fourth-order valence-electron chi connectivity index (χ4n) is 2.92. The van der Waals surface area contributed by atoms with Crippen molar-refractivity contribution in [3.05, 3.63) is 30.9 Å². The van der Waals surface area contributed by atoms with Crippen LogP contribution in [0.15, 0.2) is 30.9 Å². The van der Waals surface area contributed by atoms with Crippen molar-refractivity contribution in [2.75, 3.05) is 5.73 Å². The number of aromatic nitrogens is 3. The van der Waals surface area contributed by atoms with E-state index >= 15 is 0 Å². The SMILES string of the molecule is Nc1ccc(-c2cncn2CCC2CCCC2)cn1. The van der Waals surface area contributed by atoms with E-state index in [9.17, 15) is 0 Å². The molecule has 19 heavy (non-hydrogen) atoms. The largest absolute Gasteiger partial charge is 0.384 e. The van der Waals surface area contributed by atoms with Gasteiger partial charge in [0.15, 0.2) is 0 Å². The van der Waals surface area contributed by atoms with Gasteiger partial charge in [-0.1, -0.05) is 25.7 Å². The molecule has 0 spiro atoms. The second kappa shape index (κ2) is 5.43. The van der Waals surface area contributed by atoms with Gasteiger partial charge in [0, 0.05) is 18.3 Å². The number of hydrogen-bond acceptors (Lipinski definition) is 3. The third-order valence-electron chi connectivity index (χ3n) is 4.05. The van der Waals surface area contributed by atoms with E-state index in [1.807, 2.05) is 30.9 Å². The van der Waals surface area contributed by atoms with Gasteiger partial charge in [-0.25, -0.2) is 9.97 Å². The Morgan fingerprint density at radius 3 is 2.79 bits per heavy atom. The second-order valence-corrected chi connectivity index (χ2v) is 5.38. The van der Waals surface area contributed by atoms with Crippen molar-refractivity contribution in [2.45, 2.75) is 38.6 Å². The Bertz CT molecular complexity index is 523. The first-order chi connectivity index (χ1) is 9.33. The summed E-state index contributed by atoms with van der Waals surface area (Å²) in [7, 11) is 0. The summed E-state index contributed by atoms with van der Waals surface area (Å²) in [6.45, 7) is 1.05. The maximum atomic E-state index is 5.63. The lowest BCUT2D eigenvalue weighted by Crippen LogP contribution is -2.04. The zero-order valence-electron chi connectivity index (χ0n) is 11.1. The molecule has 0 radical (unpaired) electrons. The molecule has 2 aromatic rings. The van der Waals surface area contributed by atoms with Crippen LogP contribution in [0.1, 0.15) is 32.1 Å². The Morgan fingerprint density at radius 1 is 1.21 bits per heavy atom. The lowest BCUT2D eigenvalue weighted by molar-refractivity contribution is 0.459. The number of aryl methyl sites for hydroxylation is 1. The molecule has 3 rings (SSSR count). The molecule has 0 atom stereocenters. The zero-order chi connectivity index (χ0) is 13.1. The number of hydrogen-bond donors (Lipinski definition) is 1. The van der Waals surface area contributed by atoms with Crippen LogP contribution < -0.4 is 5.73 Å². The summed E-state index contributed by atoms with van der Waals surface area (Å²) in [6, 6.07) is 3.84. The van der Waals surface area contributed by atoms with Gasteiger partial charge in [-0.2, -0.15) is 0 Å². The highest BCUT2D eigenvalue weighted by molar-refractivity contribution is 5.59. The molecule has 1 saturated carbocycles. The van der Waals surface area contributed by atoms with E-state index in [4.69, 9.17) is 5.73 Å². The molecule has 2 N–H and O–H groups in total. The number of pyridine rings is 1. The van der Waals surface area contributed by atoms with E-state index < -0.39 is 0 Å². The lowest BCUT2D eigenvalue weighted by Gasteiger charge is -2.12. The van der Waals surface area contributed by atoms with Gasteiger partial charge in [0.2, 0.25) is 0 Å². The van der Waals surface area contributed by atoms with Crippen molar-refractivity contribution in [2.24, 2.45) is 5.92 Å². The zero-order valence-corrected chi connectivity index (χ0v) is 11.1. The molecule has 2 aromatic heterocycles. The number of nitrogens with zero attached hydrogens (tertiary/aromatic N) is 3. The van der Waals surface area contributed by atoms with Crippen molar-refractivity contribution in [3.63, 3.8) is 0 Å². The normalized spacial score (nSPS) is 16.0. The van der Waals surface area contributed by atoms with Crippen molar-refractivity contribution in [1.29, 1.82) is 0 Å². The third kappa shape index (κ3) is 2.78. The van der Waals surface area contributed by atoms with Gasteiger partial charge in [-0.05, 0) is 24.5 Å². The molecule has 1 aliphatic rings. The second-order valence-electron chi connectivity index (χ2n) is 5.38. The van der Waals surface area contributed by atoms with E-state index in [1.54, 1.807) is 0 Å². The minimum absolute atomic E-state index is 0.556. The fraction of sp³-hybridized carbons (Fsp3) is 0.467. The molecular weight excluding hydrogens is 236 g/mol. The summed E-state index contributed by atoms with van der Waals surface area (Å²) in [5.74, 6) is 1.46. The molecule has 0 saturated heterocycles. The summed E-state index contributed by atoms with van der Waals surface area (Å²) in [4.78, 5) is 8.42. The van der Waals surface area contributed by atoms with Crippen LogP contribution in [0.25, 0.3) is 11.3 Å². The Labute approximate surface area is 113 Å². The molecule has 0 unspecified atom stereocenters. The van der Waals surface area contributed by atoms with Gasteiger partial charge in [0.25, 0.3) is 0 Å². The number of imidazole rings is 1. The molecule has 4 heteroatoms. The monoisotopic (exact) mass is 256 g/mol. The van der Waals surface area contributed by atoms with Crippen molar-refractivity contribution in [3.8, 4) is 11.3 Å². The fourth-order valence-corrected chi connectivity index (χ4v) is 2.92. The van der Waals surface area contributed by atoms with E-state index in [0.29, 0.717) is 5.82 Å². The van der Waals surface area contributed by atoms with Crippen LogP contribution in [0.3, 0.4) is 0 Å². The first kappa shape index (κ1) is 12.2. The lowest BCUT2D eigenvalue weighted by atomic mass is 10.0. The Balaban J connectivity index is 1.72. The first-order valence-electron chi connectivity index (χ1n) is 7.05. The average molecular weight is 256 g/mol. The van der Waals surface area contributed by atoms with Crippen LogP contribution in [0.4, 0.5) is 5.82 Å². The molecule has 2 heterocycles. The van der Waals surface area contributed by atoms with Gasteiger partial charge >= 0.3 is 0 Å². The number of nitrogen functional groups attached to an aromatic ring is 1. The molecule has 0 aliphatic heterocycles. The molecule has 100 valence electrons. The van der Waals surface area contributed by atoms with Gasteiger partial charge < -0.3 is 10.3 Å². The first-order valence-corrected chi connectivity index (χ1v) is 7.05. The van der Waals surface area contributed by atoms with E-state index in [1.165, 1.54) is 32.1 Å². The van der Waals surface area contributed by atoms with Gasteiger partial charge in [-0.3, -0.25) is 0 Å². The maximum Gasteiger partial charge on any atom is 0.123 e. The third-order valence-corrected chi connectivity index (χ3v) is 4.05. The average Bonchev–Trinajstić information content (AvgIpc) is 3.08. The summed E-state index contributed by atoms with van der Waals surface area (Å²) < 4.78 is 2.23. The smallest absolute Gasteiger partial charge is 0.123 e. The minimum Gasteiger partial charge on any atom is -0.384 e. The molecule has 0 amide bonds. The van der Waals surface area contributed by atoms with Crippen molar-refractivity contribution >= 4 is 5.82 Å². The number of anilines is 1. The van der Waals surface area contributed by atoms with Crippen LogP contribution in [0, 0.1) is 5.92 Å². The van der Waals surface area contributed by atoms with Crippen molar-refractivity contribution < 1.29 is 0 Å². The van der Waals surface area contributed by atoms with Gasteiger partial charge in [-0.15, -0.1) is 0 Å². The molecule has 0 bridgehead atoms. The Kier molecular flexibility index (Phi) is 3.49. The molecule has 1 fully saturated rings. The summed E-state index contributed by atoms with van der Waals surface area (Å²) >= 11 is 0. The van der Waals surface area contributed by atoms with E-state index in [2.05, 4.69) is 14.5 Å². The van der Waals surface area contributed by atoms with E-state index in [0.717, 1.165) is 23.7 Å². The van der Waals surface area contributed by atoms with Gasteiger partial charge in [0.05, 0.1) is 18.2 Å². The van der Waals surface area contributed by atoms with Crippen LogP contribution >= 0.6 is 0 Å². The topological polar surface area (TPSA) is 56.7 Å². The molecule has 0 aromatic carbocycles. The number of rotatable bonds is 4. The van der Waals surface area contributed by atoms with E-state index in [-0.39, 0.29) is 0 Å². The highest BCUT2D eigenvalue weighted by Crippen LogP contribution is 2.28. The Hall–Kier alpha value is -1.84. The van der Waals surface area contributed by atoms with Crippen LogP contribution in [-0.4, -0.2) is 14.5 Å². The van der Waals surface area contributed by atoms with Crippen molar-refractivity contribution in [1.82, 2.24) is 14.5 Å². The summed E-state index contributed by atoms with van der Waals surface area (Å²) in [6.07, 6.45) is 12.5. The van der Waals surface area contributed by atoms with Crippen LogP contribution in [0.5, 0.6) is 0 Å². The quantitative estimate of drug-likeness (QED) is 0.914. The highest BCUT2D eigenvalue weighted by atomic mass is 15.0. The summed E-state index contributed by atoms with van der Waals surface area (Å²) in [5, 5.41) is 0. The van der Waals surface area contributed by atoms with Crippen LogP contribution in [0.2, 0.25) is 0 Å². The number of nitrogens with two attached hydrogens (primary N) is 1. The van der Waals surface area contributed by atoms with Gasteiger partial charge in [0.1, 0.15) is 5.82 Å². The predicted octanol–water partition coefficient (Wildman–Crippen LogP) is 3.11. The standard InChI is InChI=1S/C15H20N4/c16-15-6-5-13(9-18-15)14-10-17-11-19(14)8-7-12-3-1-2-4-12/h5-6,9-12H,1-4,7-8H2,(H2,16,18). The van der Waals surface area contributed by atoms with Crippen LogP contribution in [-0.2, 0) is 6.54 Å². The summed E-state index contributed by atoms with van der Waals surface area (Å²) in [5.41, 5.74) is 7.84.